The average Bonchev–Trinajstić information content (AvgIpc) is 2.95. The molecule has 0 aromatic heterocycles. The molecule has 0 saturated heterocycles. The number of carbonyl (C=O) groups excluding carboxylic acids is 1. The van der Waals surface area contributed by atoms with Crippen molar-refractivity contribution < 1.29 is 9.53 Å². The third kappa shape index (κ3) is 3.46. The standard InChI is InChI=1S/C15H26O2/c1-2-3-4-5-6-9-17-15(16)14-11-12-7-8-13(14)10-12/h12-14H,2-11H2,1H3. The fourth-order valence-electron chi connectivity index (χ4n) is 3.52. The Kier molecular flexibility index (Phi) is 4.87. The van der Waals surface area contributed by atoms with E-state index in [4.69, 9.17) is 4.74 Å². The van der Waals surface area contributed by atoms with Gasteiger partial charge in [-0.25, -0.2) is 0 Å². The van der Waals surface area contributed by atoms with Gasteiger partial charge in [0.15, 0.2) is 0 Å². The van der Waals surface area contributed by atoms with Crippen molar-refractivity contribution in [3.63, 3.8) is 0 Å². The third-order valence-corrected chi connectivity index (χ3v) is 4.53. The maximum atomic E-state index is 11.9. The lowest BCUT2D eigenvalue weighted by molar-refractivity contribution is -0.150. The van der Waals surface area contributed by atoms with E-state index < -0.39 is 0 Å². The molecule has 98 valence electrons. The summed E-state index contributed by atoms with van der Waals surface area (Å²) in [5, 5.41) is 0. The molecule has 3 unspecified atom stereocenters. The molecule has 2 aliphatic rings. The van der Waals surface area contributed by atoms with Crippen molar-refractivity contribution in [2.45, 2.75) is 64.7 Å². The molecule has 0 aromatic rings. The van der Waals surface area contributed by atoms with Gasteiger partial charge in [-0.1, -0.05) is 39.0 Å². The highest BCUT2D eigenvalue weighted by Crippen LogP contribution is 2.48. The molecule has 2 saturated carbocycles. The number of rotatable bonds is 7. The lowest BCUT2D eigenvalue weighted by atomic mass is 9.89. The summed E-state index contributed by atoms with van der Waals surface area (Å²) < 4.78 is 5.42. The number of esters is 1. The highest BCUT2D eigenvalue weighted by molar-refractivity contribution is 5.73. The van der Waals surface area contributed by atoms with Crippen LogP contribution in [-0.4, -0.2) is 12.6 Å². The molecule has 2 fully saturated rings. The zero-order chi connectivity index (χ0) is 12.1. The summed E-state index contributed by atoms with van der Waals surface area (Å²) in [6.07, 6.45) is 11.1. The maximum absolute atomic E-state index is 11.9. The number of unbranched alkanes of at least 4 members (excludes halogenated alkanes) is 4. The predicted octanol–water partition coefficient (Wildman–Crippen LogP) is 3.94. The first kappa shape index (κ1) is 12.9. The van der Waals surface area contributed by atoms with Gasteiger partial charge in [-0.15, -0.1) is 0 Å². The average molecular weight is 238 g/mol. The van der Waals surface area contributed by atoms with E-state index in [0.29, 0.717) is 12.5 Å². The summed E-state index contributed by atoms with van der Waals surface area (Å²) in [7, 11) is 0. The van der Waals surface area contributed by atoms with Gasteiger partial charge in [-0.05, 0) is 37.5 Å². The van der Waals surface area contributed by atoms with Gasteiger partial charge in [0, 0.05) is 0 Å². The maximum Gasteiger partial charge on any atom is 0.309 e. The molecule has 2 rings (SSSR count). The van der Waals surface area contributed by atoms with E-state index in [9.17, 15) is 4.79 Å². The third-order valence-electron chi connectivity index (χ3n) is 4.53. The van der Waals surface area contributed by atoms with E-state index in [-0.39, 0.29) is 11.9 Å². The highest BCUT2D eigenvalue weighted by atomic mass is 16.5. The topological polar surface area (TPSA) is 26.3 Å². The summed E-state index contributed by atoms with van der Waals surface area (Å²) in [6.45, 7) is 2.87. The van der Waals surface area contributed by atoms with Crippen LogP contribution >= 0.6 is 0 Å². The monoisotopic (exact) mass is 238 g/mol. The van der Waals surface area contributed by atoms with E-state index in [0.717, 1.165) is 18.8 Å². The zero-order valence-electron chi connectivity index (χ0n) is 11.1. The van der Waals surface area contributed by atoms with E-state index >= 15 is 0 Å². The first-order valence-electron chi connectivity index (χ1n) is 7.48. The van der Waals surface area contributed by atoms with Gasteiger partial charge in [0.2, 0.25) is 0 Å². The Hall–Kier alpha value is -0.530. The Morgan fingerprint density at radius 1 is 1.12 bits per heavy atom. The minimum atomic E-state index is 0.104. The van der Waals surface area contributed by atoms with Crippen molar-refractivity contribution >= 4 is 5.97 Å². The van der Waals surface area contributed by atoms with Crippen LogP contribution in [0.15, 0.2) is 0 Å². The first-order chi connectivity index (χ1) is 8.31. The largest absolute Gasteiger partial charge is 0.465 e. The summed E-state index contributed by atoms with van der Waals surface area (Å²) >= 11 is 0. The minimum absolute atomic E-state index is 0.104. The zero-order valence-corrected chi connectivity index (χ0v) is 11.1. The van der Waals surface area contributed by atoms with Gasteiger partial charge in [0.05, 0.1) is 12.5 Å². The minimum Gasteiger partial charge on any atom is -0.465 e. The Labute approximate surface area is 105 Å². The summed E-state index contributed by atoms with van der Waals surface area (Å²) in [4.78, 5) is 11.9. The molecular weight excluding hydrogens is 212 g/mol. The van der Waals surface area contributed by atoms with E-state index in [2.05, 4.69) is 6.92 Å². The fraction of sp³-hybridized carbons (Fsp3) is 0.933. The molecule has 0 amide bonds. The van der Waals surface area contributed by atoms with Crippen LogP contribution < -0.4 is 0 Å². The molecule has 3 atom stereocenters. The number of fused-ring (bicyclic) bond motifs is 2. The second-order valence-electron chi connectivity index (χ2n) is 5.86. The van der Waals surface area contributed by atoms with Gasteiger partial charge in [-0.2, -0.15) is 0 Å². The van der Waals surface area contributed by atoms with E-state index in [1.54, 1.807) is 0 Å². The SMILES string of the molecule is CCCCCCCOC(=O)C1CC2CCC1C2. The molecule has 2 nitrogen and oxygen atoms in total. The van der Waals surface area contributed by atoms with Gasteiger partial charge >= 0.3 is 5.97 Å². The van der Waals surface area contributed by atoms with Crippen LogP contribution in [0.3, 0.4) is 0 Å². The van der Waals surface area contributed by atoms with E-state index in [1.165, 1.54) is 44.9 Å². The van der Waals surface area contributed by atoms with Crippen molar-refractivity contribution in [3.8, 4) is 0 Å². The van der Waals surface area contributed by atoms with Gasteiger partial charge in [0.25, 0.3) is 0 Å². The van der Waals surface area contributed by atoms with Gasteiger partial charge in [-0.3, -0.25) is 4.79 Å². The molecule has 2 bridgehead atoms. The smallest absolute Gasteiger partial charge is 0.309 e. The Morgan fingerprint density at radius 3 is 2.59 bits per heavy atom. The molecule has 17 heavy (non-hydrogen) atoms. The highest BCUT2D eigenvalue weighted by Gasteiger charge is 2.43. The number of hydrogen-bond acceptors (Lipinski definition) is 2. The molecule has 2 heteroatoms. The van der Waals surface area contributed by atoms with Crippen molar-refractivity contribution in [3.05, 3.63) is 0 Å². The number of ether oxygens (including phenoxy) is 1. The van der Waals surface area contributed by atoms with Crippen LogP contribution in [0.5, 0.6) is 0 Å². The molecule has 0 N–H and O–H groups in total. The van der Waals surface area contributed by atoms with Crippen LogP contribution in [0, 0.1) is 17.8 Å². The number of carbonyl (C=O) groups is 1. The molecule has 0 aliphatic heterocycles. The van der Waals surface area contributed by atoms with Crippen molar-refractivity contribution in [1.29, 1.82) is 0 Å². The van der Waals surface area contributed by atoms with Crippen molar-refractivity contribution in [2.75, 3.05) is 6.61 Å². The Bertz CT molecular complexity index is 249. The van der Waals surface area contributed by atoms with Crippen LogP contribution in [-0.2, 0) is 9.53 Å². The van der Waals surface area contributed by atoms with E-state index in [1.807, 2.05) is 0 Å². The summed E-state index contributed by atoms with van der Waals surface area (Å²) in [6, 6.07) is 0. The molecule has 0 radical (unpaired) electrons. The summed E-state index contributed by atoms with van der Waals surface area (Å²) in [5.41, 5.74) is 0. The van der Waals surface area contributed by atoms with Gasteiger partial charge < -0.3 is 4.74 Å². The molecule has 2 aliphatic carbocycles. The lowest BCUT2D eigenvalue weighted by Gasteiger charge is -2.19. The van der Waals surface area contributed by atoms with Crippen LogP contribution in [0.1, 0.15) is 64.7 Å². The molecule has 0 aromatic carbocycles. The molecule has 0 spiro atoms. The number of hydrogen-bond donors (Lipinski definition) is 0. The Balaban J connectivity index is 1.55. The predicted molar refractivity (Wildman–Crippen MR) is 68.7 cm³/mol. The molecular formula is C15H26O2. The second-order valence-corrected chi connectivity index (χ2v) is 5.86. The quantitative estimate of drug-likeness (QED) is 0.496. The fourth-order valence-corrected chi connectivity index (χ4v) is 3.52. The Morgan fingerprint density at radius 2 is 1.94 bits per heavy atom. The van der Waals surface area contributed by atoms with Crippen molar-refractivity contribution in [2.24, 2.45) is 17.8 Å². The normalized spacial score (nSPS) is 30.8. The van der Waals surface area contributed by atoms with Crippen LogP contribution in [0.25, 0.3) is 0 Å². The van der Waals surface area contributed by atoms with Crippen LogP contribution in [0.2, 0.25) is 0 Å². The van der Waals surface area contributed by atoms with Crippen LogP contribution in [0.4, 0.5) is 0 Å². The first-order valence-corrected chi connectivity index (χ1v) is 7.48. The van der Waals surface area contributed by atoms with Crippen molar-refractivity contribution in [1.82, 2.24) is 0 Å². The second kappa shape index (κ2) is 6.42. The lowest BCUT2D eigenvalue weighted by Crippen LogP contribution is -2.23. The summed E-state index contributed by atoms with van der Waals surface area (Å²) in [5.74, 6) is 1.85. The van der Waals surface area contributed by atoms with Gasteiger partial charge in [0.1, 0.15) is 0 Å². The molecule has 0 heterocycles.